The van der Waals surface area contributed by atoms with E-state index in [1.807, 2.05) is 0 Å². The van der Waals surface area contributed by atoms with Gasteiger partial charge in [-0.25, -0.2) is 0 Å². The molecule has 1 N–H and O–H groups in total. The number of rotatable bonds is 0. The summed E-state index contributed by atoms with van der Waals surface area (Å²) in [4.78, 5) is 2.21. The van der Waals surface area contributed by atoms with Crippen molar-refractivity contribution in [2.24, 2.45) is 0 Å². The van der Waals surface area contributed by atoms with E-state index in [0.717, 1.165) is 18.2 Å². The van der Waals surface area contributed by atoms with Crippen LogP contribution in [0.4, 0.5) is 0 Å². The van der Waals surface area contributed by atoms with Crippen LogP contribution < -0.4 is 5.32 Å². The van der Waals surface area contributed by atoms with Gasteiger partial charge >= 0.3 is 0 Å². The second-order valence-corrected chi connectivity index (χ2v) is 3.94. The van der Waals surface area contributed by atoms with Crippen LogP contribution in [0.3, 0.4) is 0 Å². The zero-order chi connectivity index (χ0) is 9.78. The summed E-state index contributed by atoms with van der Waals surface area (Å²) in [6.45, 7) is 8.56. The lowest BCUT2D eigenvalue weighted by Gasteiger charge is -2.32. The lowest BCUT2D eigenvalue weighted by atomic mass is 10.1. The SMILES string of the molecule is C#C.CC(C)(C)N1CCNC1=S. The van der Waals surface area contributed by atoms with E-state index < -0.39 is 0 Å². The van der Waals surface area contributed by atoms with Crippen molar-refractivity contribution in [2.45, 2.75) is 26.3 Å². The van der Waals surface area contributed by atoms with E-state index in [-0.39, 0.29) is 5.54 Å². The van der Waals surface area contributed by atoms with E-state index in [1.165, 1.54) is 0 Å². The standard InChI is InChI=1S/C7H14N2S.C2H2/c1-7(2,3)9-5-4-8-6(9)10;1-2/h4-5H2,1-3H3,(H,8,10);1-2H. The van der Waals surface area contributed by atoms with Crippen molar-refractivity contribution < 1.29 is 0 Å². The predicted molar refractivity (Wildman–Crippen MR) is 56.9 cm³/mol. The fraction of sp³-hybridized carbons (Fsp3) is 0.667. The molecule has 0 bridgehead atoms. The molecule has 1 saturated heterocycles. The molecular formula is C9H16N2S. The molecule has 0 amide bonds. The molecule has 0 atom stereocenters. The lowest BCUT2D eigenvalue weighted by Crippen LogP contribution is -2.43. The van der Waals surface area contributed by atoms with Gasteiger partial charge < -0.3 is 10.2 Å². The van der Waals surface area contributed by atoms with Gasteiger partial charge in [0.15, 0.2) is 5.11 Å². The van der Waals surface area contributed by atoms with Crippen LogP contribution in [0.2, 0.25) is 0 Å². The van der Waals surface area contributed by atoms with E-state index in [0.29, 0.717) is 0 Å². The highest BCUT2D eigenvalue weighted by molar-refractivity contribution is 7.80. The van der Waals surface area contributed by atoms with Gasteiger partial charge in [-0.15, -0.1) is 12.8 Å². The fourth-order valence-corrected chi connectivity index (χ4v) is 1.58. The lowest BCUT2D eigenvalue weighted by molar-refractivity contribution is 0.263. The maximum absolute atomic E-state index is 5.10. The minimum absolute atomic E-state index is 0.181. The van der Waals surface area contributed by atoms with Gasteiger partial charge in [0.2, 0.25) is 0 Å². The molecule has 0 radical (unpaired) electrons. The van der Waals surface area contributed by atoms with Crippen LogP contribution in [0, 0.1) is 12.8 Å². The van der Waals surface area contributed by atoms with E-state index in [4.69, 9.17) is 12.2 Å². The zero-order valence-corrected chi connectivity index (χ0v) is 8.74. The molecule has 68 valence electrons. The van der Waals surface area contributed by atoms with Crippen LogP contribution in [-0.2, 0) is 0 Å². The fourth-order valence-electron chi connectivity index (χ4n) is 1.11. The average molecular weight is 184 g/mol. The van der Waals surface area contributed by atoms with Crippen molar-refractivity contribution in [3.8, 4) is 12.8 Å². The number of thiocarbonyl (C=S) groups is 1. The van der Waals surface area contributed by atoms with Crippen LogP contribution in [0.15, 0.2) is 0 Å². The Morgan fingerprint density at radius 3 is 2.08 bits per heavy atom. The van der Waals surface area contributed by atoms with Crippen molar-refractivity contribution >= 4 is 17.3 Å². The van der Waals surface area contributed by atoms with Crippen LogP contribution in [-0.4, -0.2) is 28.6 Å². The Bertz CT molecular complexity index is 179. The van der Waals surface area contributed by atoms with Gasteiger partial charge in [-0.2, -0.15) is 0 Å². The Hall–Kier alpha value is -0.750. The maximum Gasteiger partial charge on any atom is 0.169 e. The Labute approximate surface area is 80.3 Å². The largest absolute Gasteiger partial charge is 0.361 e. The minimum atomic E-state index is 0.181. The summed E-state index contributed by atoms with van der Waals surface area (Å²) in [6.07, 6.45) is 8.00. The zero-order valence-electron chi connectivity index (χ0n) is 7.92. The second-order valence-electron chi connectivity index (χ2n) is 3.55. The van der Waals surface area contributed by atoms with Gasteiger partial charge in [0.05, 0.1) is 0 Å². The smallest absolute Gasteiger partial charge is 0.169 e. The molecule has 0 aliphatic carbocycles. The highest BCUT2D eigenvalue weighted by Crippen LogP contribution is 2.14. The quantitative estimate of drug-likeness (QED) is 0.450. The molecule has 1 heterocycles. The third-order valence-electron chi connectivity index (χ3n) is 1.67. The monoisotopic (exact) mass is 184 g/mol. The molecule has 0 saturated carbocycles. The molecule has 1 rings (SSSR count). The minimum Gasteiger partial charge on any atom is -0.361 e. The van der Waals surface area contributed by atoms with Gasteiger partial charge in [0.25, 0.3) is 0 Å². The molecule has 1 aliphatic heterocycles. The molecule has 12 heavy (non-hydrogen) atoms. The molecule has 1 fully saturated rings. The van der Waals surface area contributed by atoms with Crippen LogP contribution in [0.5, 0.6) is 0 Å². The summed E-state index contributed by atoms with van der Waals surface area (Å²) in [5, 5.41) is 4.03. The van der Waals surface area contributed by atoms with E-state index in [9.17, 15) is 0 Å². The van der Waals surface area contributed by atoms with Gasteiger partial charge in [-0.1, -0.05) is 0 Å². The summed E-state index contributed by atoms with van der Waals surface area (Å²) in [5.41, 5.74) is 0.181. The Morgan fingerprint density at radius 1 is 1.42 bits per heavy atom. The normalized spacial score (nSPS) is 16.4. The summed E-state index contributed by atoms with van der Waals surface area (Å²) < 4.78 is 0. The summed E-state index contributed by atoms with van der Waals surface area (Å²) in [7, 11) is 0. The summed E-state index contributed by atoms with van der Waals surface area (Å²) >= 11 is 5.10. The Morgan fingerprint density at radius 2 is 1.92 bits per heavy atom. The number of nitrogens with one attached hydrogen (secondary N) is 1. The highest BCUT2D eigenvalue weighted by Gasteiger charge is 2.26. The Balaban J connectivity index is 0.000000561. The van der Waals surface area contributed by atoms with Crippen molar-refractivity contribution in [1.82, 2.24) is 10.2 Å². The van der Waals surface area contributed by atoms with Crippen LogP contribution in [0.1, 0.15) is 20.8 Å². The first-order chi connectivity index (χ1) is 5.52. The van der Waals surface area contributed by atoms with Crippen LogP contribution >= 0.6 is 12.2 Å². The highest BCUT2D eigenvalue weighted by atomic mass is 32.1. The molecule has 0 aromatic carbocycles. The third kappa shape index (κ3) is 2.71. The second kappa shape index (κ2) is 4.32. The van der Waals surface area contributed by atoms with Crippen molar-refractivity contribution in [3.63, 3.8) is 0 Å². The molecule has 0 aromatic rings. The molecule has 0 spiro atoms. The molecule has 2 nitrogen and oxygen atoms in total. The number of nitrogens with zero attached hydrogens (tertiary/aromatic N) is 1. The first-order valence-corrected chi connectivity index (χ1v) is 4.31. The topological polar surface area (TPSA) is 15.3 Å². The van der Waals surface area contributed by atoms with Gasteiger partial charge in [-0.3, -0.25) is 0 Å². The molecule has 0 aromatic heterocycles. The summed E-state index contributed by atoms with van der Waals surface area (Å²) in [6, 6.07) is 0. The van der Waals surface area contributed by atoms with Crippen molar-refractivity contribution in [3.05, 3.63) is 0 Å². The molecular weight excluding hydrogens is 168 g/mol. The maximum atomic E-state index is 5.10. The van der Waals surface area contributed by atoms with Gasteiger partial charge in [0.1, 0.15) is 0 Å². The van der Waals surface area contributed by atoms with Gasteiger partial charge in [-0.05, 0) is 33.0 Å². The molecule has 1 aliphatic rings. The van der Waals surface area contributed by atoms with E-state index in [1.54, 1.807) is 0 Å². The van der Waals surface area contributed by atoms with Crippen LogP contribution in [0.25, 0.3) is 0 Å². The number of hydrogen-bond donors (Lipinski definition) is 1. The van der Waals surface area contributed by atoms with E-state index in [2.05, 4.69) is 43.8 Å². The third-order valence-corrected chi connectivity index (χ3v) is 2.03. The molecule has 0 unspecified atom stereocenters. The number of hydrogen-bond acceptors (Lipinski definition) is 1. The van der Waals surface area contributed by atoms with Crippen molar-refractivity contribution in [2.75, 3.05) is 13.1 Å². The van der Waals surface area contributed by atoms with Crippen molar-refractivity contribution in [1.29, 1.82) is 0 Å². The Kier molecular flexibility index (Phi) is 4.05. The number of terminal acetylenes is 1. The summed E-state index contributed by atoms with van der Waals surface area (Å²) in [5.74, 6) is 0. The first kappa shape index (κ1) is 11.2. The predicted octanol–water partition coefficient (Wildman–Crippen LogP) is 1.22. The first-order valence-electron chi connectivity index (χ1n) is 3.90. The van der Waals surface area contributed by atoms with E-state index >= 15 is 0 Å². The van der Waals surface area contributed by atoms with Gasteiger partial charge in [0, 0.05) is 18.6 Å². The molecule has 3 heteroatoms. The average Bonchev–Trinajstić information content (AvgIpc) is 2.38.